The Bertz CT molecular complexity index is 1020. The van der Waals surface area contributed by atoms with Gasteiger partial charge in [0.1, 0.15) is 11.5 Å². The molecule has 1 fully saturated rings. The molecule has 0 radical (unpaired) electrons. The van der Waals surface area contributed by atoms with E-state index in [-0.39, 0.29) is 22.5 Å². The van der Waals surface area contributed by atoms with Gasteiger partial charge in [-0.2, -0.15) is 0 Å². The van der Waals surface area contributed by atoms with E-state index in [4.69, 9.17) is 14.6 Å². The highest BCUT2D eigenvalue weighted by molar-refractivity contribution is 8.18. The number of methoxy groups -OCH3 is 1. The number of nitrogens with one attached hydrogen (secondary N) is 1. The number of amidine groups is 1. The van der Waals surface area contributed by atoms with Crippen molar-refractivity contribution >= 4 is 40.6 Å². The average molecular weight is 416 g/mol. The van der Waals surface area contributed by atoms with Crippen LogP contribution < -0.4 is 14.8 Å². The Hall–Kier alpha value is -3.33. The van der Waals surface area contributed by atoms with Crippen molar-refractivity contribution in [3.05, 3.63) is 58.8 Å². The lowest BCUT2D eigenvalue weighted by atomic mass is 10.2. The van der Waals surface area contributed by atoms with Crippen molar-refractivity contribution in [1.82, 2.24) is 5.32 Å². The molecule has 9 heteroatoms. The molecule has 1 atom stereocenters. The van der Waals surface area contributed by atoms with E-state index in [2.05, 4.69) is 10.3 Å². The van der Waals surface area contributed by atoms with Gasteiger partial charge < -0.3 is 19.9 Å². The van der Waals surface area contributed by atoms with Gasteiger partial charge in [-0.15, -0.1) is 0 Å². The molecule has 1 heterocycles. The summed E-state index contributed by atoms with van der Waals surface area (Å²) >= 11 is 1.08. The number of halogens is 1. The van der Waals surface area contributed by atoms with Crippen molar-refractivity contribution in [2.45, 2.75) is 13.0 Å². The molecule has 0 aromatic heterocycles. The van der Waals surface area contributed by atoms with E-state index in [1.807, 2.05) is 0 Å². The number of hydrogen-bond donors (Lipinski definition) is 2. The lowest BCUT2D eigenvalue weighted by molar-refractivity contribution is -0.144. The van der Waals surface area contributed by atoms with Crippen LogP contribution in [0.15, 0.2) is 52.4 Å². The molecule has 7 nitrogen and oxygen atoms in total. The van der Waals surface area contributed by atoms with Crippen LogP contribution in [0.5, 0.6) is 11.5 Å². The molecular formula is C20H17FN2O5S. The molecule has 1 aliphatic heterocycles. The predicted molar refractivity (Wildman–Crippen MR) is 108 cm³/mol. The molecule has 0 saturated carbocycles. The normalized spacial score (nSPS) is 17.3. The fraction of sp³-hybridized carbons (Fsp3) is 0.150. The number of rotatable bonds is 6. The van der Waals surface area contributed by atoms with E-state index in [9.17, 15) is 14.0 Å². The minimum atomic E-state index is -1.10. The zero-order valence-electron chi connectivity index (χ0n) is 15.5. The minimum absolute atomic E-state index is 0.132. The lowest BCUT2D eigenvalue weighted by Crippen LogP contribution is -2.23. The molecule has 2 aromatic rings. The topological polar surface area (TPSA) is 97.2 Å². The first-order valence-corrected chi connectivity index (χ1v) is 9.30. The van der Waals surface area contributed by atoms with Gasteiger partial charge in [-0.3, -0.25) is 4.79 Å². The summed E-state index contributed by atoms with van der Waals surface area (Å²) in [5.41, 5.74) is 0.772. The smallest absolute Gasteiger partial charge is 0.344 e. The molecular weight excluding hydrogens is 399 g/mol. The van der Waals surface area contributed by atoms with E-state index in [1.54, 1.807) is 36.4 Å². The standard InChI is InChI=1S/C20H17FN2O5S/c1-11(19(25)26)28-15-8-7-12(9-16(15)27-2)10-17-18(24)23-20(29-17)22-14-6-4-3-5-13(14)21/h3-11H,1-2H3,(H,25,26)(H,22,23,24)/b17-10+. The molecule has 0 aliphatic carbocycles. The molecule has 29 heavy (non-hydrogen) atoms. The van der Waals surface area contributed by atoms with Gasteiger partial charge in [-0.05, 0) is 54.6 Å². The van der Waals surface area contributed by atoms with Crippen molar-refractivity contribution < 1.29 is 28.6 Å². The first-order valence-electron chi connectivity index (χ1n) is 8.49. The SMILES string of the molecule is COc1cc(/C=C2/SC(=Nc3ccccc3F)NC2=O)ccc1OC(C)C(=O)O. The number of carbonyl (C=O) groups excluding carboxylic acids is 1. The molecule has 2 N–H and O–H groups in total. The summed E-state index contributed by atoms with van der Waals surface area (Å²) in [6.45, 7) is 1.41. The second-order valence-corrected chi connectivity index (χ2v) is 6.97. The summed E-state index contributed by atoms with van der Waals surface area (Å²) in [6, 6.07) is 10.9. The van der Waals surface area contributed by atoms with Crippen molar-refractivity contribution in [3.8, 4) is 11.5 Å². The summed E-state index contributed by atoms with van der Waals surface area (Å²) in [7, 11) is 1.43. The fourth-order valence-corrected chi connectivity index (χ4v) is 3.23. The summed E-state index contributed by atoms with van der Waals surface area (Å²) in [4.78, 5) is 27.7. The maximum absolute atomic E-state index is 13.7. The minimum Gasteiger partial charge on any atom is -0.493 e. The highest BCUT2D eigenvalue weighted by Gasteiger charge is 2.24. The molecule has 1 amide bonds. The number of thioether (sulfide) groups is 1. The van der Waals surface area contributed by atoms with Crippen LogP contribution in [0, 0.1) is 5.82 Å². The number of benzene rings is 2. The molecule has 0 bridgehead atoms. The van der Waals surface area contributed by atoms with Crippen molar-refractivity contribution in [2.75, 3.05) is 7.11 Å². The van der Waals surface area contributed by atoms with Gasteiger partial charge >= 0.3 is 5.97 Å². The zero-order valence-corrected chi connectivity index (χ0v) is 16.3. The van der Waals surface area contributed by atoms with Gasteiger partial charge in [0, 0.05) is 0 Å². The third-order valence-corrected chi connectivity index (χ3v) is 4.77. The highest BCUT2D eigenvalue weighted by Crippen LogP contribution is 2.33. The van der Waals surface area contributed by atoms with Gasteiger partial charge in [0.15, 0.2) is 22.8 Å². The number of nitrogens with zero attached hydrogens (tertiary/aromatic N) is 1. The molecule has 150 valence electrons. The second kappa shape index (κ2) is 8.78. The first kappa shape index (κ1) is 20.4. The quantitative estimate of drug-likeness (QED) is 0.699. The molecule has 1 unspecified atom stereocenters. The monoisotopic (exact) mass is 416 g/mol. The van der Waals surface area contributed by atoms with Crippen LogP contribution >= 0.6 is 11.8 Å². The number of carbonyl (C=O) groups is 2. The molecule has 1 saturated heterocycles. The van der Waals surface area contributed by atoms with E-state index >= 15 is 0 Å². The number of ether oxygens (including phenoxy) is 2. The summed E-state index contributed by atoms with van der Waals surface area (Å²) in [5.74, 6) is -1.34. The number of aliphatic imine (C=N–C) groups is 1. The summed E-state index contributed by atoms with van der Waals surface area (Å²) in [5, 5.41) is 11.8. The Morgan fingerprint density at radius 1 is 1.28 bits per heavy atom. The van der Waals surface area contributed by atoms with Crippen LogP contribution in [0.2, 0.25) is 0 Å². The number of aliphatic carboxylic acids is 1. The Labute approximate surface area is 170 Å². The molecule has 1 aliphatic rings. The van der Waals surface area contributed by atoms with Crippen molar-refractivity contribution in [3.63, 3.8) is 0 Å². The van der Waals surface area contributed by atoms with Gasteiger partial charge in [0.25, 0.3) is 5.91 Å². The van der Waals surface area contributed by atoms with Crippen LogP contribution in [0.25, 0.3) is 6.08 Å². The summed E-state index contributed by atoms with van der Waals surface area (Å²) < 4.78 is 24.3. The van der Waals surface area contributed by atoms with Gasteiger partial charge in [-0.1, -0.05) is 18.2 Å². The number of carboxylic acid groups (broad SMARTS) is 1. The third-order valence-electron chi connectivity index (χ3n) is 3.86. The number of para-hydroxylation sites is 1. The van der Waals surface area contributed by atoms with Crippen LogP contribution in [0.1, 0.15) is 12.5 Å². The third kappa shape index (κ3) is 4.94. The van der Waals surface area contributed by atoms with Gasteiger partial charge in [0.05, 0.1) is 12.0 Å². The number of carboxylic acids is 1. The van der Waals surface area contributed by atoms with E-state index in [1.165, 1.54) is 26.2 Å². The van der Waals surface area contributed by atoms with Crippen molar-refractivity contribution in [2.24, 2.45) is 4.99 Å². The molecule has 2 aromatic carbocycles. The average Bonchev–Trinajstić information content (AvgIpc) is 3.03. The Balaban J connectivity index is 1.82. The second-order valence-electron chi connectivity index (χ2n) is 5.94. The van der Waals surface area contributed by atoms with Crippen LogP contribution in [0.4, 0.5) is 10.1 Å². The number of amides is 1. The summed E-state index contributed by atoms with van der Waals surface area (Å²) in [6.07, 6.45) is 0.581. The van der Waals surface area contributed by atoms with Crippen LogP contribution in [-0.4, -0.2) is 35.4 Å². The number of hydrogen-bond acceptors (Lipinski definition) is 6. The molecule has 0 spiro atoms. The van der Waals surface area contributed by atoms with Gasteiger partial charge in [0.2, 0.25) is 0 Å². The van der Waals surface area contributed by atoms with E-state index in [0.29, 0.717) is 16.2 Å². The van der Waals surface area contributed by atoms with Crippen LogP contribution in [-0.2, 0) is 9.59 Å². The molecule has 3 rings (SSSR count). The van der Waals surface area contributed by atoms with E-state index < -0.39 is 17.9 Å². The maximum Gasteiger partial charge on any atom is 0.344 e. The highest BCUT2D eigenvalue weighted by atomic mass is 32.2. The van der Waals surface area contributed by atoms with Crippen LogP contribution in [0.3, 0.4) is 0 Å². The fourth-order valence-electron chi connectivity index (χ4n) is 2.40. The zero-order chi connectivity index (χ0) is 21.0. The van der Waals surface area contributed by atoms with Gasteiger partial charge in [-0.25, -0.2) is 14.2 Å². The predicted octanol–water partition coefficient (Wildman–Crippen LogP) is 3.58. The Morgan fingerprint density at radius 3 is 2.72 bits per heavy atom. The first-order chi connectivity index (χ1) is 13.9. The largest absolute Gasteiger partial charge is 0.493 e. The lowest BCUT2D eigenvalue weighted by Gasteiger charge is -2.14. The maximum atomic E-state index is 13.7. The Kier molecular flexibility index (Phi) is 6.18. The van der Waals surface area contributed by atoms with Crippen molar-refractivity contribution in [1.29, 1.82) is 0 Å². The van der Waals surface area contributed by atoms with E-state index in [0.717, 1.165) is 11.8 Å². The Morgan fingerprint density at radius 2 is 2.03 bits per heavy atom.